The quantitative estimate of drug-likeness (QED) is 0.492. The van der Waals surface area contributed by atoms with Crippen LogP contribution in [0.3, 0.4) is 0 Å². The SMILES string of the molecule is C=CCCC(C)NCCOC1CCCC1. The number of ether oxygens (including phenoxy) is 1. The molecule has 0 radical (unpaired) electrons. The van der Waals surface area contributed by atoms with Crippen LogP contribution in [0.25, 0.3) is 0 Å². The number of rotatable bonds is 8. The van der Waals surface area contributed by atoms with Gasteiger partial charge in [-0.2, -0.15) is 0 Å². The van der Waals surface area contributed by atoms with E-state index in [4.69, 9.17) is 4.74 Å². The fraction of sp³-hybridized carbons (Fsp3) is 0.846. The van der Waals surface area contributed by atoms with Crippen molar-refractivity contribution in [1.82, 2.24) is 5.32 Å². The number of hydrogen-bond acceptors (Lipinski definition) is 2. The van der Waals surface area contributed by atoms with Crippen molar-refractivity contribution in [3.8, 4) is 0 Å². The van der Waals surface area contributed by atoms with Crippen molar-refractivity contribution in [1.29, 1.82) is 0 Å². The monoisotopic (exact) mass is 211 g/mol. The molecule has 1 saturated carbocycles. The Hall–Kier alpha value is -0.340. The summed E-state index contributed by atoms with van der Waals surface area (Å²) >= 11 is 0. The predicted molar refractivity (Wildman–Crippen MR) is 65.1 cm³/mol. The van der Waals surface area contributed by atoms with E-state index in [0.717, 1.165) is 19.6 Å². The van der Waals surface area contributed by atoms with Crippen LogP contribution in [0.2, 0.25) is 0 Å². The first-order valence-corrected chi connectivity index (χ1v) is 6.29. The topological polar surface area (TPSA) is 21.3 Å². The van der Waals surface area contributed by atoms with Crippen molar-refractivity contribution in [2.45, 2.75) is 57.6 Å². The van der Waals surface area contributed by atoms with Crippen LogP contribution in [0, 0.1) is 0 Å². The van der Waals surface area contributed by atoms with Gasteiger partial charge < -0.3 is 10.1 Å². The standard InChI is InChI=1S/C13H25NO/c1-3-4-7-12(2)14-10-11-15-13-8-5-6-9-13/h3,12-14H,1,4-11H2,2H3. The maximum Gasteiger partial charge on any atom is 0.0594 e. The van der Waals surface area contributed by atoms with Crippen molar-refractivity contribution in [2.24, 2.45) is 0 Å². The Labute approximate surface area is 94.1 Å². The Balaban J connectivity index is 1.89. The third-order valence-corrected chi connectivity index (χ3v) is 3.05. The van der Waals surface area contributed by atoms with E-state index in [2.05, 4.69) is 18.8 Å². The summed E-state index contributed by atoms with van der Waals surface area (Å²) in [6.45, 7) is 7.80. The molecule has 0 aromatic carbocycles. The molecule has 1 aliphatic rings. The molecule has 1 atom stereocenters. The fourth-order valence-corrected chi connectivity index (χ4v) is 2.06. The van der Waals surface area contributed by atoms with Gasteiger partial charge in [-0.25, -0.2) is 0 Å². The lowest BCUT2D eigenvalue weighted by Crippen LogP contribution is -2.30. The van der Waals surface area contributed by atoms with Gasteiger partial charge in [0, 0.05) is 12.6 Å². The van der Waals surface area contributed by atoms with Gasteiger partial charge >= 0.3 is 0 Å². The minimum Gasteiger partial charge on any atom is -0.377 e. The van der Waals surface area contributed by atoms with Crippen LogP contribution in [0.15, 0.2) is 12.7 Å². The molecule has 1 aliphatic carbocycles. The third kappa shape index (κ3) is 5.95. The van der Waals surface area contributed by atoms with Gasteiger partial charge in [0.2, 0.25) is 0 Å². The average Bonchev–Trinajstić information content (AvgIpc) is 2.74. The molecular weight excluding hydrogens is 186 g/mol. The Morgan fingerprint density at radius 1 is 1.47 bits per heavy atom. The smallest absolute Gasteiger partial charge is 0.0594 e. The van der Waals surface area contributed by atoms with E-state index >= 15 is 0 Å². The summed E-state index contributed by atoms with van der Waals surface area (Å²) in [6, 6.07) is 0.579. The molecule has 1 rings (SSSR count). The fourth-order valence-electron chi connectivity index (χ4n) is 2.06. The average molecular weight is 211 g/mol. The van der Waals surface area contributed by atoms with E-state index in [9.17, 15) is 0 Å². The molecule has 0 amide bonds. The predicted octanol–water partition coefficient (Wildman–Crippen LogP) is 2.89. The van der Waals surface area contributed by atoms with Gasteiger partial charge in [-0.3, -0.25) is 0 Å². The Morgan fingerprint density at radius 3 is 2.87 bits per heavy atom. The van der Waals surface area contributed by atoms with E-state index in [-0.39, 0.29) is 0 Å². The second-order valence-electron chi connectivity index (χ2n) is 4.50. The number of allylic oxidation sites excluding steroid dienone is 1. The maximum atomic E-state index is 5.78. The highest BCUT2D eigenvalue weighted by atomic mass is 16.5. The molecule has 1 fully saturated rings. The lowest BCUT2D eigenvalue weighted by atomic mass is 10.2. The van der Waals surface area contributed by atoms with Crippen LogP contribution in [0.5, 0.6) is 0 Å². The molecule has 0 bridgehead atoms. The van der Waals surface area contributed by atoms with Gasteiger partial charge in [-0.15, -0.1) is 6.58 Å². The molecule has 15 heavy (non-hydrogen) atoms. The maximum absolute atomic E-state index is 5.78. The molecule has 0 aromatic heterocycles. The molecule has 1 unspecified atom stereocenters. The van der Waals surface area contributed by atoms with Crippen LogP contribution in [0.1, 0.15) is 45.4 Å². The van der Waals surface area contributed by atoms with Crippen LogP contribution >= 0.6 is 0 Å². The van der Waals surface area contributed by atoms with Gasteiger partial charge in [0.05, 0.1) is 12.7 Å². The minimum absolute atomic E-state index is 0.551. The van der Waals surface area contributed by atoms with E-state index in [1.165, 1.54) is 32.1 Å². The molecule has 0 aliphatic heterocycles. The molecule has 0 saturated heterocycles. The van der Waals surface area contributed by atoms with Gasteiger partial charge in [0.1, 0.15) is 0 Å². The summed E-state index contributed by atoms with van der Waals surface area (Å²) in [5.41, 5.74) is 0. The summed E-state index contributed by atoms with van der Waals surface area (Å²) in [4.78, 5) is 0. The Kier molecular flexibility index (Phi) is 6.69. The summed E-state index contributed by atoms with van der Waals surface area (Å²) in [5.74, 6) is 0. The molecule has 2 nitrogen and oxygen atoms in total. The molecule has 1 N–H and O–H groups in total. The third-order valence-electron chi connectivity index (χ3n) is 3.05. The second kappa shape index (κ2) is 7.89. The lowest BCUT2D eigenvalue weighted by Gasteiger charge is -2.15. The first-order chi connectivity index (χ1) is 7.33. The number of hydrogen-bond donors (Lipinski definition) is 1. The highest BCUT2D eigenvalue weighted by Gasteiger charge is 2.14. The van der Waals surface area contributed by atoms with Crippen molar-refractivity contribution < 1.29 is 4.74 Å². The minimum atomic E-state index is 0.551. The van der Waals surface area contributed by atoms with E-state index in [1.807, 2.05) is 6.08 Å². The first kappa shape index (κ1) is 12.7. The van der Waals surface area contributed by atoms with Crippen LogP contribution in [-0.2, 0) is 4.74 Å². The van der Waals surface area contributed by atoms with Crippen molar-refractivity contribution >= 4 is 0 Å². The van der Waals surface area contributed by atoms with Crippen molar-refractivity contribution in [3.05, 3.63) is 12.7 Å². The zero-order chi connectivity index (χ0) is 10.9. The number of nitrogens with one attached hydrogen (secondary N) is 1. The van der Waals surface area contributed by atoms with Crippen LogP contribution in [0.4, 0.5) is 0 Å². The van der Waals surface area contributed by atoms with Gasteiger partial charge in [-0.1, -0.05) is 18.9 Å². The highest BCUT2D eigenvalue weighted by Crippen LogP contribution is 2.20. The molecule has 88 valence electrons. The van der Waals surface area contributed by atoms with E-state index in [1.54, 1.807) is 0 Å². The molecule has 0 aromatic rings. The van der Waals surface area contributed by atoms with E-state index in [0.29, 0.717) is 12.1 Å². The molecular formula is C13H25NO. The van der Waals surface area contributed by atoms with Crippen LogP contribution in [-0.4, -0.2) is 25.3 Å². The summed E-state index contributed by atoms with van der Waals surface area (Å²) in [6.07, 6.45) is 10.0. The summed E-state index contributed by atoms with van der Waals surface area (Å²) in [7, 11) is 0. The normalized spacial score (nSPS) is 19.3. The van der Waals surface area contributed by atoms with Gasteiger partial charge in [0.25, 0.3) is 0 Å². The van der Waals surface area contributed by atoms with Gasteiger partial charge in [-0.05, 0) is 32.6 Å². The van der Waals surface area contributed by atoms with Crippen molar-refractivity contribution in [2.75, 3.05) is 13.2 Å². The second-order valence-corrected chi connectivity index (χ2v) is 4.50. The van der Waals surface area contributed by atoms with Crippen molar-refractivity contribution in [3.63, 3.8) is 0 Å². The lowest BCUT2D eigenvalue weighted by molar-refractivity contribution is 0.0592. The van der Waals surface area contributed by atoms with E-state index < -0.39 is 0 Å². The molecule has 0 heterocycles. The summed E-state index contributed by atoms with van der Waals surface area (Å²) < 4.78 is 5.78. The molecule has 0 spiro atoms. The zero-order valence-electron chi connectivity index (χ0n) is 10.0. The van der Waals surface area contributed by atoms with Crippen LogP contribution < -0.4 is 5.32 Å². The Bertz CT molecular complexity index is 164. The Morgan fingerprint density at radius 2 is 2.20 bits per heavy atom. The first-order valence-electron chi connectivity index (χ1n) is 6.29. The molecule has 2 heteroatoms. The zero-order valence-corrected chi connectivity index (χ0v) is 10.0. The largest absolute Gasteiger partial charge is 0.377 e. The van der Waals surface area contributed by atoms with Gasteiger partial charge in [0.15, 0.2) is 0 Å². The summed E-state index contributed by atoms with van der Waals surface area (Å²) in [5, 5.41) is 3.47. The highest BCUT2D eigenvalue weighted by molar-refractivity contribution is 4.71.